The van der Waals surface area contributed by atoms with Gasteiger partial charge in [-0.25, -0.2) is 0 Å². The van der Waals surface area contributed by atoms with E-state index in [9.17, 15) is 9.90 Å². The Hall–Kier alpha value is -1.79. The van der Waals surface area contributed by atoms with Gasteiger partial charge in [0.15, 0.2) is 0 Å². The molecule has 3 nitrogen and oxygen atoms in total. The fraction of sp³-hybridized carbons (Fsp3) is 0.679. The van der Waals surface area contributed by atoms with Crippen LogP contribution in [0.1, 0.15) is 77.2 Å². The van der Waals surface area contributed by atoms with Gasteiger partial charge in [-0.3, -0.25) is 4.79 Å². The van der Waals surface area contributed by atoms with Gasteiger partial charge >= 0.3 is 0 Å². The second-order valence-electron chi connectivity index (χ2n) is 11.3. The number of aliphatic hydroxyl groups is 1. The number of carbonyl (C=O) groups excluding carboxylic acids is 1. The Labute approximate surface area is 187 Å². The Morgan fingerprint density at radius 3 is 2.55 bits per heavy atom. The standard InChI is InChI=1S/C28H36O3/c1-26-14-11-22(31-19-29)18-21(26)8-9-23-24(26)12-15-27(2)25(23)13-17-28(27,30)16-10-20-6-4-3-5-7-20/h3-7,19,21-25,30H,8-9,11-15,17-18H2,1-2H3/t21-,22-,23+,24-,25+,26+,27+,28-/m0/s1. The first-order valence-electron chi connectivity index (χ1n) is 12.3. The fourth-order valence-corrected chi connectivity index (χ4v) is 8.34. The maximum absolute atomic E-state index is 11.8. The molecule has 1 aromatic carbocycles. The van der Waals surface area contributed by atoms with Crippen LogP contribution in [0.4, 0.5) is 0 Å². The highest BCUT2D eigenvalue weighted by Crippen LogP contribution is 2.68. The van der Waals surface area contributed by atoms with E-state index in [2.05, 4.69) is 25.7 Å². The smallest absolute Gasteiger partial charge is 0.293 e. The monoisotopic (exact) mass is 420 g/mol. The molecule has 4 saturated carbocycles. The summed E-state index contributed by atoms with van der Waals surface area (Å²) < 4.78 is 5.36. The van der Waals surface area contributed by atoms with Gasteiger partial charge in [0, 0.05) is 11.0 Å². The van der Waals surface area contributed by atoms with Gasteiger partial charge in [-0.05, 0) is 99.0 Å². The number of ether oxygens (including phenoxy) is 1. The number of hydrogen-bond acceptors (Lipinski definition) is 3. The maximum Gasteiger partial charge on any atom is 0.293 e. The molecule has 31 heavy (non-hydrogen) atoms. The van der Waals surface area contributed by atoms with Crippen LogP contribution in [0, 0.1) is 46.3 Å². The summed E-state index contributed by atoms with van der Waals surface area (Å²) in [7, 11) is 0. The SMILES string of the molecule is C[C@@]12CC[C@H](OC=O)C[C@@H]1CC[C@H]1[C@H]3CC[C@@](O)(C#Cc4ccccc4)[C@]3(C)CC[C@@H]12. The van der Waals surface area contributed by atoms with Crippen LogP contribution < -0.4 is 0 Å². The Morgan fingerprint density at radius 2 is 1.77 bits per heavy atom. The predicted molar refractivity (Wildman–Crippen MR) is 121 cm³/mol. The Balaban J connectivity index is 1.38. The highest BCUT2D eigenvalue weighted by atomic mass is 16.5. The number of rotatable bonds is 2. The minimum Gasteiger partial charge on any atom is -0.465 e. The van der Waals surface area contributed by atoms with Crippen LogP contribution in [0.25, 0.3) is 0 Å². The molecule has 4 aliphatic carbocycles. The summed E-state index contributed by atoms with van der Waals surface area (Å²) in [6.07, 6.45) is 9.95. The van der Waals surface area contributed by atoms with Gasteiger partial charge in [0.05, 0.1) is 0 Å². The van der Waals surface area contributed by atoms with E-state index >= 15 is 0 Å². The van der Waals surface area contributed by atoms with Crippen LogP contribution in [0.2, 0.25) is 0 Å². The van der Waals surface area contributed by atoms with Crippen LogP contribution in [0.15, 0.2) is 30.3 Å². The zero-order valence-electron chi connectivity index (χ0n) is 19.0. The summed E-state index contributed by atoms with van der Waals surface area (Å²) in [5.74, 6) is 9.27. The van der Waals surface area contributed by atoms with Crippen LogP contribution in [0.3, 0.4) is 0 Å². The lowest BCUT2D eigenvalue weighted by Crippen LogP contribution is -2.56. The lowest BCUT2D eigenvalue weighted by molar-refractivity contribution is -0.156. The quantitative estimate of drug-likeness (QED) is 0.518. The van der Waals surface area contributed by atoms with Gasteiger partial charge in [-0.15, -0.1) is 0 Å². The second kappa shape index (κ2) is 7.66. The summed E-state index contributed by atoms with van der Waals surface area (Å²) in [4.78, 5) is 10.8. The first-order chi connectivity index (χ1) is 14.9. The molecule has 166 valence electrons. The molecule has 1 aromatic rings. The molecule has 0 aliphatic heterocycles. The van der Waals surface area contributed by atoms with E-state index in [1.165, 1.54) is 25.7 Å². The average Bonchev–Trinajstić information content (AvgIpc) is 3.05. The fourth-order valence-electron chi connectivity index (χ4n) is 8.34. The van der Waals surface area contributed by atoms with Crippen molar-refractivity contribution in [2.24, 2.45) is 34.5 Å². The van der Waals surface area contributed by atoms with Crippen LogP contribution in [-0.2, 0) is 9.53 Å². The highest BCUT2D eigenvalue weighted by molar-refractivity contribution is 5.38. The van der Waals surface area contributed by atoms with Crippen LogP contribution in [0.5, 0.6) is 0 Å². The van der Waals surface area contributed by atoms with Gasteiger partial charge in [0.2, 0.25) is 0 Å². The minimum absolute atomic E-state index is 0.114. The first-order valence-corrected chi connectivity index (χ1v) is 12.3. The minimum atomic E-state index is -0.883. The molecule has 1 N–H and O–H groups in total. The van der Waals surface area contributed by atoms with Crippen molar-refractivity contribution < 1.29 is 14.6 Å². The lowest BCUT2D eigenvalue weighted by Gasteiger charge is -2.61. The van der Waals surface area contributed by atoms with Gasteiger partial charge in [-0.2, -0.15) is 0 Å². The third kappa shape index (κ3) is 3.25. The van der Waals surface area contributed by atoms with Crippen molar-refractivity contribution in [2.45, 2.75) is 83.3 Å². The summed E-state index contributed by atoms with van der Waals surface area (Å²) in [6.45, 7) is 5.48. The Morgan fingerprint density at radius 1 is 1.00 bits per heavy atom. The van der Waals surface area contributed by atoms with E-state index < -0.39 is 5.60 Å². The Bertz CT molecular complexity index is 885. The summed E-state index contributed by atoms with van der Waals surface area (Å²) in [5, 5.41) is 11.8. The van der Waals surface area contributed by atoms with Gasteiger partial charge < -0.3 is 9.84 Å². The van der Waals surface area contributed by atoms with Crippen molar-refractivity contribution in [3.8, 4) is 11.8 Å². The van der Waals surface area contributed by atoms with Crippen molar-refractivity contribution in [1.82, 2.24) is 0 Å². The molecular formula is C28H36O3. The Kier molecular flexibility index (Phi) is 5.21. The van der Waals surface area contributed by atoms with Crippen molar-refractivity contribution in [1.29, 1.82) is 0 Å². The molecule has 0 heterocycles. The molecule has 8 atom stereocenters. The average molecular weight is 421 g/mol. The van der Waals surface area contributed by atoms with E-state index in [0.29, 0.717) is 29.6 Å². The van der Waals surface area contributed by atoms with Gasteiger partial charge in [0.1, 0.15) is 11.7 Å². The maximum atomic E-state index is 11.8. The number of benzene rings is 1. The molecule has 5 rings (SSSR count). The molecule has 0 saturated heterocycles. The summed E-state index contributed by atoms with van der Waals surface area (Å²) >= 11 is 0. The van der Waals surface area contributed by atoms with Crippen LogP contribution in [-0.4, -0.2) is 23.3 Å². The van der Waals surface area contributed by atoms with Gasteiger partial charge in [0.25, 0.3) is 6.47 Å². The third-order valence-corrected chi connectivity index (χ3v) is 10.2. The molecule has 0 spiro atoms. The largest absolute Gasteiger partial charge is 0.465 e. The summed E-state index contributed by atoms with van der Waals surface area (Å²) in [5.41, 5.74) is 0.338. The molecular weight excluding hydrogens is 384 g/mol. The topological polar surface area (TPSA) is 46.5 Å². The molecule has 3 heteroatoms. The van der Waals surface area contributed by atoms with Crippen molar-refractivity contribution in [3.63, 3.8) is 0 Å². The van der Waals surface area contributed by atoms with E-state index in [4.69, 9.17) is 4.74 Å². The van der Waals surface area contributed by atoms with Crippen molar-refractivity contribution in [3.05, 3.63) is 35.9 Å². The molecule has 0 bridgehead atoms. The van der Waals surface area contributed by atoms with E-state index in [1.54, 1.807) is 0 Å². The van der Waals surface area contributed by atoms with E-state index in [0.717, 1.165) is 43.6 Å². The molecule has 4 fully saturated rings. The number of carbonyl (C=O) groups is 1. The molecule has 4 aliphatic rings. The van der Waals surface area contributed by atoms with Crippen molar-refractivity contribution in [2.75, 3.05) is 0 Å². The van der Waals surface area contributed by atoms with Crippen LogP contribution >= 0.6 is 0 Å². The van der Waals surface area contributed by atoms with E-state index in [1.807, 2.05) is 30.3 Å². The lowest BCUT2D eigenvalue weighted by atomic mass is 9.44. The molecule has 0 unspecified atom stereocenters. The summed E-state index contributed by atoms with van der Waals surface area (Å²) in [6, 6.07) is 10.1. The third-order valence-electron chi connectivity index (χ3n) is 10.2. The second-order valence-corrected chi connectivity index (χ2v) is 11.3. The number of hydrogen-bond donors (Lipinski definition) is 1. The molecule has 0 amide bonds. The first kappa shape index (κ1) is 21.1. The zero-order chi connectivity index (χ0) is 21.7. The molecule has 0 aromatic heterocycles. The molecule has 0 radical (unpaired) electrons. The van der Waals surface area contributed by atoms with E-state index in [-0.39, 0.29) is 11.5 Å². The van der Waals surface area contributed by atoms with Gasteiger partial charge in [-0.1, -0.05) is 43.9 Å². The normalized spacial score (nSPS) is 46.0. The zero-order valence-corrected chi connectivity index (χ0v) is 19.0. The van der Waals surface area contributed by atoms with Crippen molar-refractivity contribution >= 4 is 6.47 Å². The number of fused-ring (bicyclic) bond motifs is 5. The highest BCUT2D eigenvalue weighted by Gasteiger charge is 2.64. The predicted octanol–water partition coefficient (Wildman–Crippen LogP) is 5.35.